The van der Waals surface area contributed by atoms with E-state index in [9.17, 15) is 0 Å². The van der Waals surface area contributed by atoms with E-state index in [0.29, 0.717) is 6.04 Å². The third kappa shape index (κ3) is 4.49. The maximum absolute atomic E-state index is 5.74. The summed E-state index contributed by atoms with van der Waals surface area (Å²) in [5, 5.41) is 3.54. The van der Waals surface area contributed by atoms with Crippen LogP contribution in [-0.2, 0) is 4.74 Å². The van der Waals surface area contributed by atoms with Crippen LogP contribution < -0.4 is 11.1 Å². The average Bonchev–Trinajstić information content (AvgIpc) is 2.66. The van der Waals surface area contributed by atoms with E-state index in [1.807, 2.05) is 0 Å². The highest BCUT2D eigenvalue weighted by Gasteiger charge is 2.29. The molecule has 0 aromatic heterocycles. The topological polar surface area (TPSA) is 47.3 Å². The molecule has 1 rings (SSSR count). The molecule has 0 aromatic carbocycles. The smallest absolute Gasteiger partial charge is 0.0779 e. The number of hydrogen-bond donors (Lipinski definition) is 2. The Bertz CT molecular complexity index is 167. The Labute approximate surface area is 93.8 Å². The van der Waals surface area contributed by atoms with Crippen molar-refractivity contribution < 1.29 is 4.74 Å². The molecule has 1 heterocycles. The largest absolute Gasteiger partial charge is 0.374 e. The van der Waals surface area contributed by atoms with E-state index < -0.39 is 0 Å². The second kappa shape index (κ2) is 6.46. The molecule has 0 amide bonds. The molecule has 0 saturated carbocycles. The molecule has 90 valence electrons. The molecule has 0 aromatic rings. The molecular formula is C12H26N2O. The Kier molecular flexibility index (Phi) is 5.58. The number of rotatable bonds is 7. The van der Waals surface area contributed by atoms with E-state index in [1.54, 1.807) is 0 Å². The van der Waals surface area contributed by atoms with Gasteiger partial charge in [-0.3, -0.25) is 0 Å². The van der Waals surface area contributed by atoms with E-state index in [2.05, 4.69) is 19.2 Å². The van der Waals surface area contributed by atoms with Gasteiger partial charge < -0.3 is 15.8 Å². The first-order valence-corrected chi connectivity index (χ1v) is 6.27. The third-order valence-electron chi connectivity index (χ3n) is 3.26. The first-order chi connectivity index (χ1) is 7.20. The number of unbranched alkanes of at least 4 members (excludes halogenated alkanes) is 1. The van der Waals surface area contributed by atoms with Gasteiger partial charge >= 0.3 is 0 Å². The zero-order chi connectivity index (χ0) is 11.1. The quantitative estimate of drug-likeness (QED) is 0.677. The summed E-state index contributed by atoms with van der Waals surface area (Å²) in [6.07, 6.45) is 6.05. The highest BCUT2D eigenvalue weighted by atomic mass is 16.5. The molecule has 0 aliphatic carbocycles. The first-order valence-electron chi connectivity index (χ1n) is 6.27. The lowest BCUT2D eigenvalue weighted by Crippen LogP contribution is -2.45. The van der Waals surface area contributed by atoms with Crippen LogP contribution in [0.1, 0.15) is 46.0 Å². The van der Waals surface area contributed by atoms with Gasteiger partial charge in [0.25, 0.3) is 0 Å². The van der Waals surface area contributed by atoms with Gasteiger partial charge in [0.2, 0.25) is 0 Å². The number of nitrogens with one attached hydrogen (secondary N) is 1. The van der Waals surface area contributed by atoms with E-state index in [4.69, 9.17) is 10.5 Å². The monoisotopic (exact) mass is 214 g/mol. The van der Waals surface area contributed by atoms with Crippen molar-refractivity contribution in [3.63, 3.8) is 0 Å². The highest BCUT2D eigenvalue weighted by molar-refractivity contribution is 4.84. The fourth-order valence-electron chi connectivity index (χ4n) is 2.09. The molecule has 1 aliphatic heterocycles. The van der Waals surface area contributed by atoms with Gasteiger partial charge in [-0.15, -0.1) is 0 Å². The van der Waals surface area contributed by atoms with Gasteiger partial charge in [-0.1, -0.05) is 19.8 Å². The van der Waals surface area contributed by atoms with Crippen LogP contribution in [0, 0.1) is 0 Å². The van der Waals surface area contributed by atoms with Crippen molar-refractivity contribution in [3.05, 3.63) is 0 Å². The summed E-state index contributed by atoms with van der Waals surface area (Å²) >= 11 is 0. The van der Waals surface area contributed by atoms with E-state index >= 15 is 0 Å². The molecule has 3 heteroatoms. The molecule has 3 N–H and O–H groups in total. The van der Waals surface area contributed by atoms with Gasteiger partial charge in [-0.05, 0) is 26.2 Å². The van der Waals surface area contributed by atoms with Crippen LogP contribution in [0.25, 0.3) is 0 Å². The molecule has 2 unspecified atom stereocenters. The fraction of sp³-hybridized carbons (Fsp3) is 1.00. The summed E-state index contributed by atoms with van der Waals surface area (Å²) in [7, 11) is 0. The van der Waals surface area contributed by atoms with Gasteiger partial charge in [0, 0.05) is 25.7 Å². The summed E-state index contributed by atoms with van der Waals surface area (Å²) < 4.78 is 5.74. The second-order valence-electron chi connectivity index (χ2n) is 4.86. The number of hydrogen-bond acceptors (Lipinski definition) is 3. The molecular weight excluding hydrogens is 188 g/mol. The predicted molar refractivity (Wildman–Crippen MR) is 64.0 cm³/mol. The van der Waals surface area contributed by atoms with Gasteiger partial charge in [0.05, 0.1) is 5.60 Å². The minimum absolute atomic E-state index is 0.0552. The van der Waals surface area contributed by atoms with Crippen LogP contribution in [0.3, 0.4) is 0 Å². The van der Waals surface area contributed by atoms with Crippen molar-refractivity contribution in [2.75, 3.05) is 19.7 Å². The van der Waals surface area contributed by atoms with Gasteiger partial charge in [0.15, 0.2) is 0 Å². The van der Waals surface area contributed by atoms with Crippen molar-refractivity contribution in [1.29, 1.82) is 0 Å². The second-order valence-corrected chi connectivity index (χ2v) is 4.86. The minimum atomic E-state index is 0.0552. The Morgan fingerprint density at radius 3 is 2.87 bits per heavy atom. The molecule has 0 spiro atoms. The summed E-state index contributed by atoms with van der Waals surface area (Å²) in [5.74, 6) is 0. The lowest BCUT2D eigenvalue weighted by molar-refractivity contribution is 0.0187. The van der Waals surface area contributed by atoms with E-state index in [0.717, 1.165) is 19.7 Å². The predicted octanol–water partition coefficient (Wildman–Crippen LogP) is 1.66. The Balaban J connectivity index is 2.20. The summed E-state index contributed by atoms with van der Waals surface area (Å²) in [6.45, 7) is 7.00. The molecule has 0 radical (unpaired) electrons. The van der Waals surface area contributed by atoms with Crippen LogP contribution in [0.2, 0.25) is 0 Å². The SMILES string of the molecule is CCCCC(CN)NCC1(C)CCCO1. The minimum Gasteiger partial charge on any atom is -0.374 e. The maximum atomic E-state index is 5.74. The lowest BCUT2D eigenvalue weighted by atomic mass is 10.0. The highest BCUT2D eigenvalue weighted by Crippen LogP contribution is 2.24. The average molecular weight is 214 g/mol. The Morgan fingerprint density at radius 1 is 1.53 bits per heavy atom. The van der Waals surface area contributed by atoms with E-state index in [-0.39, 0.29) is 5.60 Å². The van der Waals surface area contributed by atoms with Crippen LogP contribution in [-0.4, -0.2) is 31.3 Å². The lowest BCUT2D eigenvalue weighted by Gasteiger charge is -2.27. The van der Waals surface area contributed by atoms with Crippen LogP contribution in [0.15, 0.2) is 0 Å². The molecule has 1 fully saturated rings. The fourth-order valence-corrected chi connectivity index (χ4v) is 2.09. The van der Waals surface area contributed by atoms with Crippen LogP contribution >= 0.6 is 0 Å². The number of ether oxygens (including phenoxy) is 1. The van der Waals surface area contributed by atoms with Gasteiger partial charge in [-0.25, -0.2) is 0 Å². The molecule has 1 aliphatic rings. The van der Waals surface area contributed by atoms with E-state index in [1.165, 1.54) is 32.1 Å². The standard InChI is InChI=1S/C12H26N2O/c1-3-4-6-11(9-13)14-10-12(2)7-5-8-15-12/h11,14H,3-10,13H2,1-2H3. The Morgan fingerprint density at radius 2 is 2.33 bits per heavy atom. The zero-order valence-electron chi connectivity index (χ0n) is 10.2. The normalized spacial score (nSPS) is 28.2. The first kappa shape index (κ1) is 12.9. The van der Waals surface area contributed by atoms with Crippen molar-refractivity contribution in [2.45, 2.75) is 57.6 Å². The zero-order valence-corrected chi connectivity index (χ0v) is 10.2. The molecule has 15 heavy (non-hydrogen) atoms. The molecule has 0 bridgehead atoms. The number of nitrogens with two attached hydrogens (primary N) is 1. The van der Waals surface area contributed by atoms with Crippen molar-refractivity contribution >= 4 is 0 Å². The van der Waals surface area contributed by atoms with Crippen molar-refractivity contribution in [2.24, 2.45) is 5.73 Å². The molecule has 3 nitrogen and oxygen atoms in total. The third-order valence-corrected chi connectivity index (χ3v) is 3.26. The molecule has 2 atom stereocenters. The summed E-state index contributed by atoms with van der Waals surface area (Å²) in [6, 6.07) is 0.464. The molecule has 1 saturated heterocycles. The van der Waals surface area contributed by atoms with Crippen molar-refractivity contribution in [3.8, 4) is 0 Å². The summed E-state index contributed by atoms with van der Waals surface area (Å²) in [4.78, 5) is 0. The van der Waals surface area contributed by atoms with Gasteiger partial charge in [-0.2, -0.15) is 0 Å². The Hall–Kier alpha value is -0.120. The van der Waals surface area contributed by atoms with Gasteiger partial charge in [0.1, 0.15) is 0 Å². The summed E-state index contributed by atoms with van der Waals surface area (Å²) in [5.41, 5.74) is 5.79. The van der Waals surface area contributed by atoms with Crippen LogP contribution in [0.5, 0.6) is 0 Å². The van der Waals surface area contributed by atoms with Crippen molar-refractivity contribution in [1.82, 2.24) is 5.32 Å². The van der Waals surface area contributed by atoms with Crippen LogP contribution in [0.4, 0.5) is 0 Å². The maximum Gasteiger partial charge on any atom is 0.0779 e.